The lowest BCUT2D eigenvalue weighted by molar-refractivity contribution is -0.137. The molecule has 0 aliphatic heterocycles. The Bertz CT molecular complexity index is 217. The van der Waals surface area contributed by atoms with Crippen LogP contribution in [0.25, 0.3) is 0 Å². The number of carboxylic acids is 1. The van der Waals surface area contributed by atoms with Gasteiger partial charge in [-0.15, -0.1) is 6.42 Å². The molecule has 0 aromatic rings. The summed E-state index contributed by atoms with van der Waals surface area (Å²) in [6.45, 7) is 1.61. The van der Waals surface area contributed by atoms with Crippen LogP contribution in [0, 0.1) is 12.3 Å². The monoisotopic (exact) mass is 169 g/mol. The van der Waals surface area contributed by atoms with Crippen LogP contribution < -0.4 is 5.32 Å². The molecule has 0 rings (SSSR count). The highest BCUT2D eigenvalue weighted by Crippen LogP contribution is 1.90. The van der Waals surface area contributed by atoms with Gasteiger partial charge < -0.3 is 10.4 Å². The Hall–Kier alpha value is -1.50. The number of nitrogens with one attached hydrogen (secondary N) is 1. The topological polar surface area (TPSA) is 66.4 Å². The third kappa shape index (κ3) is 5.30. The van der Waals surface area contributed by atoms with E-state index in [-0.39, 0.29) is 24.8 Å². The van der Waals surface area contributed by atoms with Crippen LogP contribution in [0.3, 0.4) is 0 Å². The third-order valence-corrected chi connectivity index (χ3v) is 1.15. The summed E-state index contributed by atoms with van der Waals surface area (Å²) in [6, 6.07) is -0.372. The van der Waals surface area contributed by atoms with E-state index < -0.39 is 5.97 Å². The molecular weight excluding hydrogens is 158 g/mol. The van der Waals surface area contributed by atoms with Crippen LogP contribution >= 0.6 is 0 Å². The Balaban J connectivity index is 3.70. The molecule has 0 saturated carbocycles. The molecule has 0 spiro atoms. The van der Waals surface area contributed by atoms with Crippen molar-refractivity contribution < 1.29 is 14.7 Å². The Morgan fingerprint density at radius 1 is 1.67 bits per heavy atom. The lowest BCUT2D eigenvalue weighted by Crippen LogP contribution is -2.33. The Morgan fingerprint density at radius 3 is 2.67 bits per heavy atom. The van der Waals surface area contributed by atoms with Crippen LogP contribution in [-0.2, 0) is 9.59 Å². The lowest BCUT2D eigenvalue weighted by atomic mass is 10.2. The largest absolute Gasteiger partial charge is 0.481 e. The molecule has 1 amide bonds. The summed E-state index contributed by atoms with van der Waals surface area (Å²) < 4.78 is 0. The van der Waals surface area contributed by atoms with Crippen LogP contribution in [-0.4, -0.2) is 23.0 Å². The molecule has 0 fully saturated rings. The molecule has 0 bridgehead atoms. The van der Waals surface area contributed by atoms with E-state index in [4.69, 9.17) is 11.5 Å². The summed E-state index contributed by atoms with van der Waals surface area (Å²) >= 11 is 0. The van der Waals surface area contributed by atoms with Crippen molar-refractivity contribution in [2.24, 2.45) is 0 Å². The quantitative estimate of drug-likeness (QED) is 0.581. The second-order valence-corrected chi connectivity index (χ2v) is 2.45. The SMILES string of the molecule is C#CCC(=O)NC(C)CC(=O)O. The Kier molecular flexibility index (Phi) is 4.54. The minimum atomic E-state index is -0.941. The van der Waals surface area contributed by atoms with E-state index in [1.54, 1.807) is 6.92 Å². The normalized spacial score (nSPS) is 11.3. The van der Waals surface area contributed by atoms with Gasteiger partial charge in [0.1, 0.15) is 0 Å². The van der Waals surface area contributed by atoms with Gasteiger partial charge in [-0.3, -0.25) is 9.59 Å². The maximum Gasteiger partial charge on any atom is 0.305 e. The van der Waals surface area contributed by atoms with Gasteiger partial charge in [0.25, 0.3) is 0 Å². The number of carboxylic acid groups (broad SMARTS) is 1. The van der Waals surface area contributed by atoms with Crippen LogP contribution in [0.1, 0.15) is 19.8 Å². The predicted molar refractivity (Wildman–Crippen MR) is 43.3 cm³/mol. The van der Waals surface area contributed by atoms with Crippen molar-refractivity contribution in [3.05, 3.63) is 0 Å². The first kappa shape index (κ1) is 10.5. The summed E-state index contributed by atoms with van der Waals surface area (Å²) in [4.78, 5) is 20.9. The summed E-state index contributed by atoms with van der Waals surface area (Å²) in [5.41, 5.74) is 0. The zero-order valence-corrected chi connectivity index (χ0v) is 6.83. The molecule has 0 aromatic carbocycles. The molecule has 0 saturated heterocycles. The number of carbonyl (C=O) groups is 2. The van der Waals surface area contributed by atoms with Gasteiger partial charge in [-0.25, -0.2) is 0 Å². The number of hydrogen-bond donors (Lipinski definition) is 2. The number of hydrogen-bond acceptors (Lipinski definition) is 2. The first-order valence-electron chi connectivity index (χ1n) is 3.51. The minimum Gasteiger partial charge on any atom is -0.481 e. The number of aliphatic carboxylic acids is 1. The second-order valence-electron chi connectivity index (χ2n) is 2.45. The molecule has 0 aromatic heterocycles. The van der Waals surface area contributed by atoms with Crippen molar-refractivity contribution in [3.63, 3.8) is 0 Å². The number of rotatable bonds is 4. The number of terminal acetylenes is 1. The molecule has 1 unspecified atom stereocenters. The maximum atomic E-state index is 10.8. The Labute approximate surface area is 71.0 Å². The first-order chi connectivity index (χ1) is 5.56. The number of amides is 1. The van der Waals surface area contributed by atoms with Gasteiger partial charge in [0.2, 0.25) is 5.91 Å². The summed E-state index contributed by atoms with van der Waals surface area (Å²) in [6.07, 6.45) is 4.78. The van der Waals surface area contributed by atoms with Gasteiger partial charge >= 0.3 is 5.97 Å². The van der Waals surface area contributed by atoms with E-state index in [9.17, 15) is 9.59 Å². The molecule has 0 aliphatic carbocycles. The standard InChI is InChI=1S/C8H11NO3/c1-3-4-7(10)9-6(2)5-8(11)12/h1,6H,4-5H2,2H3,(H,9,10)(H,11,12). The second kappa shape index (κ2) is 5.19. The van der Waals surface area contributed by atoms with Crippen LogP contribution in [0.4, 0.5) is 0 Å². The molecular formula is C8H11NO3. The predicted octanol–water partition coefficient (Wildman–Crippen LogP) is -0.0109. The zero-order valence-electron chi connectivity index (χ0n) is 6.83. The molecule has 66 valence electrons. The number of carbonyl (C=O) groups excluding carboxylic acids is 1. The zero-order chi connectivity index (χ0) is 9.56. The van der Waals surface area contributed by atoms with E-state index in [1.165, 1.54) is 0 Å². The van der Waals surface area contributed by atoms with Crippen molar-refractivity contribution in [1.29, 1.82) is 0 Å². The third-order valence-electron chi connectivity index (χ3n) is 1.15. The average molecular weight is 169 g/mol. The lowest BCUT2D eigenvalue weighted by Gasteiger charge is -2.09. The average Bonchev–Trinajstić information content (AvgIpc) is 1.84. The van der Waals surface area contributed by atoms with Crippen molar-refractivity contribution in [2.75, 3.05) is 0 Å². The fraction of sp³-hybridized carbons (Fsp3) is 0.500. The van der Waals surface area contributed by atoms with Crippen molar-refractivity contribution in [3.8, 4) is 12.3 Å². The fourth-order valence-electron chi connectivity index (χ4n) is 0.732. The first-order valence-corrected chi connectivity index (χ1v) is 3.51. The summed E-state index contributed by atoms with van der Waals surface area (Å²) in [5.74, 6) is 0.912. The van der Waals surface area contributed by atoms with E-state index in [2.05, 4.69) is 11.2 Å². The summed E-state index contributed by atoms with van der Waals surface area (Å²) in [5, 5.41) is 10.8. The molecule has 1 atom stereocenters. The maximum absolute atomic E-state index is 10.8. The summed E-state index contributed by atoms with van der Waals surface area (Å²) in [7, 11) is 0. The molecule has 0 radical (unpaired) electrons. The van der Waals surface area contributed by atoms with Gasteiger partial charge in [0, 0.05) is 6.04 Å². The molecule has 0 heterocycles. The molecule has 4 heteroatoms. The molecule has 12 heavy (non-hydrogen) atoms. The van der Waals surface area contributed by atoms with E-state index in [0.29, 0.717) is 0 Å². The van der Waals surface area contributed by atoms with Gasteiger partial charge in [-0.05, 0) is 6.92 Å². The van der Waals surface area contributed by atoms with E-state index >= 15 is 0 Å². The van der Waals surface area contributed by atoms with Gasteiger partial charge in [-0.2, -0.15) is 0 Å². The van der Waals surface area contributed by atoms with Crippen molar-refractivity contribution >= 4 is 11.9 Å². The van der Waals surface area contributed by atoms with Crippen molar-refractivity contribution in [2.45, 2.75) is 25.8 Å². The Morgan fingerprint density at radius 2 is 2.25 bits per heavy atom. The molecule has 4 nitrogen and oxygen atoms in total. The fourth-order valence-corrected chi connectivity index (χ4v) is 0.732. The highest BCUT2D eigenvalue weighted by molar-refractivity contribution is 5.79. The van der Waals surface area contributed by atoms with Crippen LogP contribution in [0.2, 0.25) is 0 Å². The van der Waals surface area contributed by atoms with Crippen molar-refractivity contribution in [1.82, 2.24) is 5.32 Å². The highest BCUT2D eigenvalue weighted by Gasteiger charge is 2.09. The van der Waals surface area contributed by atoms with Crippen LogP contribution in [0.5, 0.6) is 0 Å². The minimum absolute atomic E-state index is 0.00996. The van der Waals surface area contributed by atoms with Crippen LogP contribution in [0.15, 0.2) is 0 Å². The smallest absolute Gasteiger partial charge is 0.305 e. The molecule has 2 N–H and O–H groups in total. The van der Waals surface area contributed by atoms with Gasteiger partial charge in [-0.1, -0.05) is 5.92 Å². The van der Waals surface area contributed by atoms with E-state index in [1.807, 2.05) is 0 Å². The van der Waals surface area contributed by atoms with Gasteiger partial charge in [0.05, 0.1) is 12.8 Å². The van der Waals surface area contributed by atoms with E-state index in [0.717, 1.165) is 0 Å². The molecule has 0 aliphatic rings. The van der Waals surface area contributed by atoms with Gasteiger partial charge in [0.15, 0.2) is 0 Å². The highest BCUT2D eigenvalue weighted by atomic mass is 16.4.